The third-order valence-corrected chi connectivity index (χ3v) is 2.80. The second-order valence-corrected chi connectivity index (χ2v) is 4.63. The van der Waals surface area contributed by atoms with Crippen molar-refractivity contribution in [3.05, 3.63) is 47.9 Å². The van der Waals surface area contributed by atoms with Crippen molar-refractivity contribution < 1.29 is 9.15 Å². The molecule has 4 heteroatoms. The predicted molar refractivity (Wildman–Crippen MR) is 76.6 cm³/mol. The van der Waals surface area contributed by atoms with Gasteiger partial charge in [-0.2, -0.15) is 0 Å². The second-order valence-electron chi connectivity index (χ2n) is 4.63. The van der Waals surface area contributed by atoms with Crippen LogP contribution in [0.4, 0.5) is 5.69 Å². The van der Waals surface area contributed by atoms with E-state index >= 15 is 0 Å². The van der Waals surface area contributed by atoms with Crippen LogP contribution in [0.1, 0.15) is 11.3 Å². The molecule has 0 radical (unpaired) electrons. The number of hydrogen-bond acceptors (Lipinski definition) is 4. The Bertz CT molecular complexity index is 520. The van der Waals surface area contributed by atoms with Gasteiger partial charge in [-0.25, -0.2) is 0 Å². The molecule has 1 N–H and O–H groups in total. The molecular formula is C15H20N2O2. The summed E-state index contributed by atoms with van der Waals surface area (Å²) in [4.78, 5) is 2.05. The Morgan fingerprint density at radius 2 is 2.11 bits per heavy atom. The van der Waals surface area contributed by atoms with Crippen LogP contribution in [0.3, 0.4) is 0 Å². The number of furan rings is 1. The minimum absolute atomic E-state index is 0.445. The van der Waals surface area contributed by atoms with E-state index in [9.17, 15) is 0 Å². The molecule has 1 heterocycles. The monoisotopic (exact) mass is 260 g/mol. The van der Waals surface area contributed by atoms with E-state index in [2.05, 4.69) is 5.32 Å². The maximum absolute atomic E-state index is 5.73. The Labute approximate surface area is 114 Å². The highest BCUT2D eigenvalue weighted by Crippen LogP contribution is 2.20. The second kappa shape index (κ2) is 6.29. The third-order valence-electron chi connectivity index (χ3n) is 2.80. The summed E-state index contributed by atoms with van der Waals surface area (Å²) in [6, 6.07) is 10.00. The van der Waals surface area contributed by atoms with Crippen LogP contribution < -0.4 is 15.0 Å². The maximum atomic E-state index is 5.73. The van der Waals surface area contributed by atoms with E-state index in [4.69, 9.17) is 9.15 Å². The van der Waals surface area contributed by atoms with Crippen molar-refractivity contribution in [2.24, 2.45) is 0 Å². The molecule has 0 aliphatic rings. The van der Waals surface area contributed by atoms with Gasteiger partial charge in [0, 0.05) is 38.0 Å². The summed E-state index contributed by atoms with van der Waals surface area (Å²) < 4.78 is 11.2. The average molecular weight is 260 g/mol. The first-order chi connectivity index (χ1) is 9.19. The minimum Gasteiger partial charge on any atom is -0.486 e. The van der Waals surface area contributed by atoms with Crippen molar-refractivity contribution in [3.8, 4) is 5.75 Å². The van der Waals surface area contributed by atoms with Crippen LogP contribution in [0.15, 0.2) is 41.0 Å². The Morgan fingerprint density at radius 3 is 2.84 bits per heavy atom. The normalized spacial score (nSPS) is 10.5. The fourth-order valence-corrected chi connectivity index (χ4v) is 1.80. The van der Waals surface area contributed by atoms with E-state index in [1.54, 1.807) is 6.26 Å². The summed E-state index contributed by atoms with van der Waals surface area (Å²) in [5.74, 6) is 1.68. The molecule has 0 amide bonds. The molecule has 0 fully saturated rings. The van der Waals surface area contributed by atoms with Gasteiger partial charge in [-0.05, 0) is 25.2 Å². The van der Waals surface area contributed by atoms with Gasteiger partial charge >= 0.3 is 0 Å². The third kappa shape index (κ3) is 3.76. The molecule has 0 saturated carbocycles. The summed E-state index contributed by atoms with van der Waals surface area (Å²) in [7, 11) is 5.93. The van der Waals surface area contributed by atoms with Crippen LogP contribution in [0.5, 0.6) is 5.75 Å². The van der Waals surface area contributed by atoms with Crippen LogP contribution in [0, 0.1) is 0 Å². The van der Waals surface area contributed by atoms with Crippen molar-refractivity contribution in [2.45, 2.75) is 13.2 Å². The highest BCUT2D eigenvalue weighted by Gasteiger charge is 2.03. The summed E-state index contributed by atoms with van der Waals surface area (Å²) in [6.07, 6.45) is 1.76. The number of nitrogens with zero attached hydrogens (tertiary/aromatic N) is 1. The lowest BCUT2D eigenvalue weighted by Gasteiger charge is -2.13. The van der Waals surface area contributed by atoms with Gasteiger partial charge in [0.25, 0.3) is 0 Å². The molecule has 2 aromatic rings. The Kier molecular flexibility index (Phi) is 4.47. The van der Waals surface area contributed by atoms with Crippen molar-refractivity contribution in [1.29, 1.82) is 0 Å². The molecule has 19 heavy (non-hydrogen) atoms. The fraction of sp³-hybridized carbons (Fsp3) is 0.333. The van der Waals surface area contributed by atoms with E-state index < -0.39 is 0 Å². The van der Waals surface area contributed by atoms with Crippen molar-refractivity contribution in [1.82, 2.24) is 5.32 Å². The molecule has 0 aliphatic carbocycles. The zero-order valence-electron chi connectivity index (χ0n) is 11.6. The van der Waals surface area contributed by atoms with E-state index in [0.717, 1.165) is 29.3 Å². The quantitative estimate of drug-likeness (QED) is 0.866. The first kappa shape index (κ1) is 13.5. The smallest absolute Gasteiger partial charge is 0.146 e. The van der Waals surface area contributed by atoms with E-state index in [-0.39, 0.29) is 0 Å². The fourth-order valence-electron chi connectivity index (χ4n) is 1.80. The number of rotatable bonds is 6. The highest BCUT2D eigenvalue weighted by molar-refractivity contribution is 5.49. The van der Waals surface area contributed by atoms with Crippen LogP contribution in [0.2, 0.25) is 0 Å². The molecule has 1 aromatic heterocycles. The zero-order valence-corrected chi connectivity index (χ0v) is 11.6. The molecular weight excluding hydrogens is 240 g/mol. The average Bonchev–Trinajstić information content (AvgIpc) is 2.85. The topological polar surface area (TPSA) is 37.6 Å². The maximum Gasteiger partial charge on any atom is 0.146 e. The lowest BCUT2D eigenvalue weighted by atomic mass is 10.3. The molecule has 2 rings (SSSR count). The number of ether oxygens (including phenoxy) is 1. The molecule has 0 saturated heterocycles. The van der Waals surface area contributed by atoms with Crippen molar-refractivity contribution in [2.75, 3.05) is 26.0 Å². The molecule has 102 valence electrons. The largest absolute Gasteiger partial charge is 0.486 e. The van der Waals surface area contributed by atoms with Crippen LogP contribution in [-0.4, -0.2) is 21.1 Å². The van der Waals surface area contributed by atoms with E-state index in [0.29, 0.717) is 6.61 Å². The van der Waals surface area contributed by atoms with Crippen molar-refractivity contribution >= 4 is 5.69 Å². The van der Waals surface area contributed by atoms with Gasteiger partial charge in [0.2, 0.25) is 0 Å². The molecule has 0 unspecified atom stereocenters. The Balaban J connectivity index is 1.95. The summed E-state index contributed by atoms with van der Waals surface area (Å²) in [5.41, 5.74) is 2.25. The van der Waals surface area contributed by atoms with Crippen molar-refractivity contribution in [3.63, 3.8) is 0 Å². The van der Waals surface area contributed by atoms with Gasteiger partial charge in [-0.1, -0.05) is 6.07 Å². The lowest BCUT2D eigenvalue weighted by molar-refractivity contribution is 0.270. The van der Waals surface area contributed by atoms with Crippen LogP contribution >= 0.6 is 0 Å². The van der Waals surface area contributed by atoms with Gasteiger partial charge in [0.15, 0.2) is 0 Å². The molecule has 4 nitrogen and oxygen atoms in total. The molecule has 0 spiro atoms. The predicted octanol–water partition coefficient (Wildman–Crippen LogP) is 2.64. The van der Waals surface area contributed by atoms with E-state index in [1.807, 2.05) is 56.4 Å². The first-order valence-corrected chi connectivity index (χ1v) is 6.30. The minimum atomic E-state index is 0.445. The summed E-state index contributed by atoms with van der Waals surface area (Å²) in [5, 5.41) is 3.08. The number of benzene rings is 1. The summed E-state index contributed by atoms with van der Waals surface area (Å²) in [6.45, 7) is 1.25. The van der Waals surface area contributed by atoms with E-state index in [1.165, 1.54) is 0 Å². The first-order valence-electron chi connectivity index (χ1n) is 6.30. The molecule has 0 atom stereocenters. The SMILES string of the molecule is CNCc1coc(COc2cccc(N(C)C)c2)c1. The zero-order chi connectivity index (χ0) is 13.7. The number of anilines is 1. The van der Waals surface area contributed by atoms with Crippen LogP contribution in [0.25, 0.3) is 0 Å². The summed E-state index contributed by atoms with van der Waals surface area (Å²) >= 11 is 0. The Hall–Kier alpha value is -1.94. The molecule has 1 aromatic carbocycles. The Morgan fingerprint density at radius 1 is 1.26 bits per heavy atom. The van der Waals surface area contributed by atoms with Crippen LogP contribution in [-0.2, 0) is 13.2 Å². The lowest BCUT2D eigenvalue weighted by Crippen LogP contribution is -2.08. The standard InChI is InChI=1S/C15H20N2O2/c1-16-9-12-7-15(18-10-12)11-19-14-6-4-5-13(8-14)17(2)3/h4-8,10,16H,9,11H2,1-3H3. The molecule has 0 aliphatic heterocycles. The van der Waals surface area contributed by atoms with Gasteiger partial charge in [-0.15, -0.1) is 0 Å². The van der Waals surface area contributed by atoms with Gasteiger partial charge < -0.3 is 19.4 Å². The number of hydrogen-bond donors (Lipinski definition) is 1. The molecule has 0 bridgehead atoms. The van der Waals surface area contributed by atoms with Gasteiger partial charge in [0.1, 0.15) is 18.1 Å². The van der Waals surface area contributed by atoms with Gasteiger partial charge in [0.05, 0.1) is 6.26 Å². The number of nitrogens with one attached hydrogen (secondary N) is 1. The highest BCUT2D eigenvalue weighted by atomic mass is 16.5. The van der Waals surface area contributed by atoms with Gasteiger partial charge in [-0.3, -0.25) is 0 Å².